The molecule has 3 rings (SSSR count). The Morgan fingerprint density at radius 2 is 1.83 bits per heavy atom. The fraction of sp³-hybridized carbons (Fsp3) is 0.227. The number of hydrogen-bond donors (Lipinski definition) is 1. The van der Waals surface area contributed by atoms with Crippen LogP contribution in [0.25, 0.3) is 6.08 Å². The van der Waals surface area contributed by atoms with Gasteiger partial charge in [0.15, 0.2) is 0 Å². The molecular formula is C22H22N2O4S. The number of nitrogens with zero attached hydrogens (tertiary/aromatic N) is 1. The summed E-state index contributed by atoms with van der Waals surface area (Å²) in [5, 5.41) is 2.44. The minimum atomic E-state index is -0.339. The Kier molecular flexibility index (Phi) is 7.08. The maximum atomic E-state index is 12.5. The molecule has 1 heterocycles. The molecule has 6 nitrogen and oxygen atoms in total. The van der Waals surface area contributed by atoms with Crippen molar-refractivity contribution in [3.8, 4) is 5.75 Å². The van der Waals surface area contributed by atoms with Gasteiger partial charge in [0.25, 0.3) is 11.1 Å². The maximum absolute atomic E-state index is 12.5. The lowest BCUT2D eigenvalue weighted by Gasteiger charge is -2.13. The number of aryl methyl sites for hydroxylation is 1. The Morgan fingerprint density at radius 3 is 2.52 bits per heavy atom. The second-order valence-electron chi connectivity index (χ2n) is 6.44. The number of hydrogen-bond acceptors (Lipinski definition) is 5. The van der Waals surface area contributed by atoms with E-state index in [1.54, 1.807) is 25.3 Å². The smallest absolute Gasteiger partial charge is 0.293 e. The van der Waals surface area contributed by atoms with E-state index < -0.39 is 0 Å². The largest absolute Gasteiger partial charge is 0.497 e. The van der Waals surface area contributed by atoms with Crippen molar-refractivity contribution in [1.82, 2.24) is 10.2 Å². The Hall–Kier alpha value is -3.06. The van der Waals surface area contributed by atoms with Gasteiger partial charge < -0.3 is 10.1 Å². The predicted molar refractivity (Wildman–Crippen MR) is 113 cm³/mol. The molecule has 0 atom stereocenters. The quantitative estimate of drug-likeness (QED) is 0.675. The first-order valence-electron chi connectivity index (χ1n) is 9.27. The van der Waals surface area contributed by atoms with E-state index in [0.717, 1.165) is 33.5 Å². The Balaban J connectivity index is 1.48. The summed E-state index contributed by atoms with van der Waals surface area (Å²) in [5.41, 5.74) is 1.91. The van der Waals surface area contributed by atoms with Gasteiger partial charge >= 0.3 is 0 Å². The molecule has 29 heavy (non-hydrogen) atoms. The summed E-state index contributed by atoms with van der Waals surface area (Å²) < 4.78 is 5.11. The van der Waals surface area contributed by atoms with Crippen LogP contribution in [0.5, 0.6) is 5.75 Å². The summed E-state index contributed by atoms with van der Waals surface area (Å²) >= 11 is 0.908. The number of benzene rings is 2. The molecule has 1 fully saturated rings. The number of imide groups is 1. The number of nitrogens with one attached hydrogen (secondary N) is 1. The third kappa shape index (κ3) is 5.71. The fourth-order valence-electron chi connectivity index (χ4n) is 2.84. The SMILES string of the molecule is COc1ccc(/C=C2\SC(=O)N(CCNC(=O)CCc3ccccc3)C2=O)cc1. The Morgan fingerprint density at radius 1 is 1.10 bits per heavy atom. The topological polar surface area (TPSA) is 75.7 Å². The molecule has 1 aliphatic rings. The van der Waals surface area contributed by atoms with Gasteiger partial charge in [0, 0.05) is 19.5 Å². The predicted octanol–water partition coefficient (Wildman–Crippen LogP) is 3.48. The van der Waals surface area contributed by atoms with E-state index in [1.165, 1.54) is 0 Å². The van der Waals surface area contributed by atoms with Crippen LogP contribution < -0.4 is 10.1 Å². The lowest BCUT2D eigenvalue weighted by Crippen LogP contribution is -2.37. The van der Waals surface area contributed by atoms with Crippen molar-refractivity contribution in [2.24, 2.45) is 0 Å². The number of ether oxygens (including phenoxy) is 1. The van der Waals surface area contributed by atoms with Gasteiger partial charge in [-0.05, 0) is 47.5 Å². The highest BCUT2D eigenvalue weighted by Gasteiger charge is 2.34. The van der Waals surface area contributed by atoms with Crippen LogP contribution in [0, 0.1) is 0 Å². The summed E-state index contributed by atoms with van der Waals surface area (Å²) in [6, 6.07) is 17.0. The van der Waals surface area contributed by atoms with Gasteiger partial charge in [-0.1, -0.05) is 42.5 Å². The fourth-order valence-corrected chi connectivity index (χ4v) is 3.71. The number of rotatable bonds is 8. The van der Waals surface area contributed by atoms with Crippen LogP contribution in [-0.2, 0) is 16.0 Å². The van der Waals surface area contributed by atoms with Gasteiger partial charge in [0.1, 0.15) is 5.75 Å². The van der Waals surface area contributed by atoms with E-state index in [9.17, 15) is 14.4 Å². The highest BCUT2D eigenvalue weighted by Crippen LogP contribution is 2.32. The normalized spacial score (nSPS) is 15.1. The standard InChI is InChI=1S/C22H22N2O4S/c1-28-18-10-7-17(8-11-18)15-19-21(26)24(22(27)29-19)14-13-23-20(25)12-9-16-5-3-2-4-6-16/h2-8,10-11,15H,9,12-14H2,1H3,(H,23,25)/b19-15-. The molecule has 0 bridgehead atoms. The van der Waals surface area contributed by atoms with Crippen LogP contribution in [-0.4, -0.2) is 42.2 Å². The molecule has 0 saturated carbocycles. The van der Waals surface area contributed by atoms with Crippen molar-refractivity contribution in [3.05, 3.63) is 70.6 Å². The lowest BCUT2D eigenvalue weighted by atomic mass is 10.1. The monoisotopic (exact) mass is 410 g/mol. The minimum absolute atomic E-state index is 0.102. The zero-order valence-corrected chi connectivity index (χ0v) is 16.9. The summed E-state index contributed by atoms with van der Waals surface area (Å²) in [5.74, 6) is 0.280. The van der Waals surface area contributed by atoms with Gasteiger partial charge in [-0.2, -0.15) is 0 Å². The Bertz CT molecular complexity index is 910. The second kappa shape index (κ2) is 9.93. The number of thioether (sulfide) groups is 1. The van der Waals surface area contributed by atoms with Crippen LogP contribution >= 0.6 is 11.8 Å². The molecule has 0 spiro atoms. The third-order valence-corrected chi connectivity index (χ3v) is 5.34. The van der Waals surface area contributed by atoms with Gasteiger partial charge in [0.05, 0.1) is 12.0 Å². The number of carbonyl (C=O) groups excluding carboxylic acids is 3. The van der Waals surface area contributed by atoms with E-state index >= 15 is 0 Å². The summed E-state index contributed by atoms with van der Waals surface area (Å²) in [6.07, 6.45) is 2.70. The van der Waals surface area contributed by atoms with Crippen molar-refractivity contribution < 1.29 is 19.1 Å². The minimum Gasteiger partial charge on any atom is -0.497 e. The van der Waals surface area contributed by atoms with Crippen LogP contribution in [0.3, 0.4) is 0 Å². The van der Waals surface area contributed by atoms with E-state index in [4.69, 9.17) is 4.74 Å². The zero-order valence-electron chi connectivity index (χ0n) is 16.1. The molecule has 2 aromatic rings. The molecular weight excluding hydrogens is 388 g/mol. The molecule has 0 radical (unpaired) electrons. The molecule has 0 unspecified atom stereocenters. The van der Waals surface area contributed by atoms with Crippen LogP contribution in [0.1, 0.15) is 17.5 Å². The van der Waals surface area contributed by atoms with Crippen LogP contribution in [0.2, 0.25) is 0 Å². The summed E-state index contributed by atoms with van der Waals surface area (Å²) in [6.45, 7) is 0.392. The number of amides is 3. The average molecular weight is 410 g/mol. The first-order valence-corrected chi connectivity index (χ1v) is 10.1. The maximum Gasteiger partial charge on any atom is 0.293 e. The first-order chi connectivity index (χ1) is 14.1. The lowest BCUT2D eigenvalue weighted by molar-refractivity contribution is -0.124. The van der Waals surface area contributed by atoms with E-state index in [0.29, 0.717) is 17.7 Å². The van der Waals surface area contributed by atoms with E-state index in [1.807, 2.05) is 42.5 Å². The van der Waals surface area contributed by atoms with Crippen molar-refractivity contribution >= 4 is 34.9 Å². The Labute approximate surface area is 173 Å². The number of carbonyl (C=O) groups is 3. The molecule has 1 saturated heterocycles. The molecule has 150 valence electrons. The summed E-state index contributed by atoms with van der Waals surface area (Å²) in [7, 11) is 1.58. The van der Waals surface area contributed by atoms with Gasteiger partial charge in [-0.15, -0.1) is 0 Å². The van der Waals surface area contributed by atoms with Gasteiger partial charge in [0.2, 0.25) is 5.91 Å². The molecule has 1 N–H and O–H groups in total. The van der Waals surface area contributed by atoms with Crippen LogP contribution in [0.4, 0.5) is 4.79 Å². The van der Waals surface area contributed by atoms with E-state index in [-0.39, 0.29) is 30.1 Å². The highest BCUT2D eigenvalue weighted by molar-refractivity contribution is 8.18. The van der Waals surface area contributed by atoms with Crippen molar-refractivity contribution in [3.63, 3.8) is 0 Å². The van der Waals surface area contributed by atoms with Crippen LogP contribution in [0.15, 0.2) is 59.5 Å². The van der Waals surface area contributed by atoms with Crippen molar-refractivity contribution in [2.45, 2.75) is 12.8 Å². The van der Waals surface area contributed by atoms with Gasteiger partial charge in [-0.3, -0.25) is 19.3 Å². The van der Waals surface area contributed by atoms with Crippen molar-refractivity contribution in [1.29, 1.82) is 0 Å². The number of methoxy groups -OCH3 is 1. The average Bonchev–Trinajstić information content (AvgIpc) is 3.01. The molecule has 0 aliphatic carbocycles. The zero-order chi connectivity index (χ0) is 20.6. The summed E-state index contributed by atoms with van der Waals surface area (Å²) in [4.78, 5) is 38.2. The molecule has 0 aromatic heterocycles. The second-order valence-corrected chi connectivity index (χ2v) is 7.44. The first kappa shape index (κ1) is 20.7. The molecule has 3 amide bonds. The third-order valence-electron chi connectivity index (χ3n) is 4.43. The molecule has 1 aliphatic heterocycles. The van der Waals surface area contributed by atoms with Gasteiger partial charge in [-0.25, -0.2) is 0 Å². The molecule has 2 aromatic carbocycles. The van der Waals surface area contributed by atoms with E-state index in [2.05, 4.69) is 5.32 Å². The van der Waals surface area contributed by atoms with Crippen molar-refractivity contribution in [2.75, 3.05) is 20.2 Å². The molecule has 7 heteroatoms. The highest BCUT2D eigenvalue weighted by atomic mass is 32.2.